The Morgan fingerprint density at radius 2 is 1.75 bits per heavy atom. The van der Waals surface area contributed by atoms with Gasteiger partial charge in [-0.3, -0.25) is 14.9 Å². The van der Waals surface area contributed by atoms with Crippen LogP contribution in [0.25, 0.3) is 0 Å². The molecule has 0 radical (unpaired) electrons. The molecule has 2 aromatic carbocycles. The van der Waals surface area contributed by atoms with Crippen molar-refractivity contribution in [2.75, 3.05) is 29.6 Å². The topological polar surface area (TPSA) is 102 Å². The predicted molar refractivity (Wildman–Crippen MR) is 132 cm³/mol. The monoisotopic (exact) mass is 560 g/mol. The van der Waals surface area contributed by atoms with E-state index in [0.29, 0.717) is 34.6 Å². The van der Waals surface area contributed by atoms with Crippen molar-refractivity contribution >= 4 is 57.3 Å². The summed E-state index contributed by atoms with van der Waals surface area (Å²) in [6, 6.07) is 7.44. The molecule has 36 heavy (non-hydrogen) atoms. The minimum atomic E-state index is -4.57. The van der Waals surface area contributed by atoms with Crippen molar-refractivity contribution in [3.63, 3.8) is 0 Å². The number of amides is 2. The number of halogens is 4. The third-order valence-corrected chi connectivity index (χ3v) is 6.63. The Labute approximate surface area is 217 Å². The minimum absolute atomic E-state index is 0.0240. The molecule has 0 aliphatic heterocycles. The molecule has 1 aromatic heterocycles. The van der Waals surface area contributed by atoms with E-state index in [1.165, 1.54) is 0 Å². The lowest BCUT2D eigenvalue weighted by atomic mass is 10.2. The number of hydrogen-bond acceptors (Lipinski definition) is 8. The van der Waals surface area contributed by atoms with Crippen molar-refractivity contribution in [1.82, 2.24) is 10.2 Å². The van der Waals surface area contributed by atoms with Gasteiger partial charge in [0.2, 0.25) is 11.0 Å². The van der Waals surface area contributed by atoms with E-state index in [4.69, 9.17) is 21.1 Å². The van der Waals surface area contributed by atoms with Gasteiger partial charge in [-0.1, -0.05) is 34.7 Å². The van der Waals surface area contributed by atoms with E-state index in [0.717, 1.165) is 41.3 Å². The molecule has 0 unspecified atom stereocenters. The van der Waals surface area contributed by atoms with Crippen molar-refractivity contribution in [3.8, 4) is 11.5 Å². The number of carbonyl (C=O) groups is 2. The Morgan fingerprint density at radius 3 is 2.44 bits per heavy atom. The molecule has 0 fully saturated rings. The Kier molecular flexibility index (Phi) is 9.40. The number of nitrogens with one attached hydrogen (secondary N) is 2. The van der Waals surface area contributed by atoms with Crippen molar-refractivity contribution in [2.24, 2.45) is 0 Å². The molecule has 2 amide bonds. The zero-order chi connectivity index (χ0) is 26.3. The number of benzene rings is 2. The van der Waals surface area contributed by atoms with Gasteiger partial charge in [-0.15, -0.1) is 10.2 Å². The van der Waals surface area contributed by atoms with Crippen LogP contribution in [0.15, 0.2) is 40.7 Å². The fourth-order valence-corrected chi connectivity index (χ4v) is 4.50. The second-order valence-electron chi connectivity index (χ2n) is 6.88. The Balaban J connectivity index is 1.58. The summed E-state index contributed by atoms with van der Waals surface area (Å²) < 4.78 is 50.1. The largest absolute Gasteiger partial charge is 0.490 e. The van der Waals surface area contributed by atoms with Crippen LogP contribution in [0, 0.1) is 0 Å². The average Bonchev–Trinajstić information content (AvgIpc) is 3.27. The van der Waals surface area contributed by atoms with E-state index in [9.17, 15) is 22.8 Å². The summed E-state index contributed by atoms with van der Waals surface area (Å²) in [7, 11) is 0. The molecule has 3 rings (SSSR count). The summed E-state index contributed by atoms with van der Waals surface area (Å²) in [6.45, 7) is 4.50. The van der Waals surface area contributed by atoms with Crippen LogP contribution >= 0.6 is 34.7 Å². The first-order chi connectivity index (χ1) is 17.1. The van der Waals surface area contributed by atoms with Gasteiger partial charge in [0.05, 0.1) is 35.2 Å². The molecule has 0 atom stereocenters. The number of nitrogens with zero attached hydrogens (tertiary/aromatic N) is 2. The minimum Gasteiger partial charge on any atom is -0.490 e. The lowest BCUT2D eigenvalue weighted by molar-refractivity contribution is -0.137. The van der Waals surface area contributed by atoms with E-state index in [1.54, 1.807) is 18.2 Å². The second-order valence-corrected chi connectivity index (χ2v) is 9.49. The molecule has 0 aliphatic rings. The van der Waals surface area contributed by atoms with Gasteiger partial charge in [-0.05, 0) is 50.2 Å². The van der Waals surface area contributed by atoms with Crippen LogP contribution in [-0.2, 0) is 11.0 Å². The van der Waals surface area contributed by atoms with Gasteiger partial charge >= 0.3 is 6.18 Å². The molecule has 3 aromatic rings. The van der Waals surface area contributed by atoms with Crippen molar-refractivity contribution < 1.29 is 32.2 Å². The first-order valence-electron chi connectivity index (χ1n) is 10.4. The van der Waals surface area contributed by atoms with Crippen LogP contribution in [0.3, 0.4) is 0 Å². The third kappa shape index (κ3) is 7.48. The summed E-state index contributed by atoms with van der Waals surface area (Å²) in [5, 5.41) is 13.0. The lowest BCUT2D eigenvalue weighted by Gasteiger charge is -2.12. The molecule has 2 N–H and O–H groups in total. The van der Waals surface area contributed by atoms with Crippen LogP contribution in [0.4, 0.5) is 24.0 Å². The number of carbonyl (C=O) groups excluding carboxylic acids is 2. The number of rotatable bonds is 10. The van der Waals surface area contributed by atoms with Gasteiger partial charge in [-0.2, -0.15) is 13.2 Å². The highest BCUT2D eigenvalue weighted by atomic mass is 35.5. The molecule has 1 heterocycles. The molecule has 192 valence electrons. The maximum atomic E-state index is 12.9. The summed E-state index contributed by atoms with van der Waals surface area (Å²) in [5.74, 6) is -0.225. The quantitative estimate of drug-likeness (QED) is 0.232. The molecule has 0 saturated heterocycles. The van der Waals surface area contributed by atoms with Crippen LogP contribution in [-0.4, -0.2) is 41.0 Å². The summed E-state index contributed by atoms with van der Waals surface area (Å²) >= 11 is 7.94. The van der Waals surface area contributed by atoms with Gasteiger partial charge in [0.25, 0.3) is 5.91 Å². The second kappa shape index (κ2) is 12.3. The van der Waals surface area contributed by atoms with Gasteiger partial charge in [0.15, 0.2) is 15.8 Å². The van der Waals surface area contributed by atoms with Gasteiger partial charge in [-0.25, -0.2) is 0 Å². The lowest BCUT2D eigenvalue weighted by Crippen LogP contribution is -2.15. The molecular formula is C22H20ClF3N4O4S2. The number of anilines is 2. The van der Waals surface area contributed by atoms with Crippen molar-refractivity contribution in [3.05, 3.63) is 52.5 Å². The maximum absolute atomic E-state index is 12.9. The number of thioether (sulfide) groups is 1. The Morgan fingerprint density at radius 1 is 1.03 bits per heavy atom. The zero-order valence-corrected chi connectivity index (χ0v) is 21.3. The van der Waals surface area contributed by atoms with Gasteiger partial charge in [0, 0.05) is 5.56 Å². The fourth-order valence-electron chi connectivity index (χ4n) is 2.79. The highest BCUT2D eigenvalue weighted by Gasteiger charge is 2.31. The van der Waals surface area contributed by atoms with Crippen LogP contribution in [0.1, 0.15) is 29.8 Å². The summed E-state index contributed by atoms with van der Waals surface area (Å²) in [5.41, 5.74) is -0.756. The van der Waals surface area contributed by atoms with E-state index in [1.807, 2.05) is 13.8 Å². The molecular weight excluding hydrogens is 541 g/mol. The maximum Gasteiger partial charge on any atom is 0.416 e. The number of aromatic nitrogens is 2. The van der Waals surface area contributed by atoms with E-state index in [2.05, 4.69) is 20.8 Å². The number of hydrogen-bond donors (Lipinski definition) is 2. The first kappa shape index (κ1) is 27.6. The molecule has 14 heteroatoms. The van der Waals surface area contributed by atoms with Crippen LogP contribution < -0.4 is 20.1 Å². The average molecular weight is 561 g/mol. The Hall–Kier alpha value is -3.03. The molecule has 8 nitrogen and oxygen atoms in total. The zero-order valence-electron chi connectivity index (χ0n) is 18.9. The van der Waals surface area contributed by atoms with Crippen molar-refractivity contribution in [1.29, 1.82) is 0 Å². The first-order valence-corrected chi connectivity index (χ1v) is 12.6. The van der Waals surface area contributed by atoms with Crippen LogP contribution in [0.2, 0.25) is 5.02 Å². The van der Waals surface area contributed by atoms with Crippen molar-refractivity contribution in [2.45, 2.75) is 24.4 Å². The highest BCUT2D eigenvalue weighted by molar-refractivity contribution is 8.01. The number of alkyl halides is 3. The SMILES string of the molecule is CCOc1ccc(C(=O)Nc2nnc(SCC(=O)Nc3cc(C(F)(F)F)ccc3Cl)s2)cc1OCC. The third-order valence-electron chi connectivity index (χ3n) is 4.33. The Bertz CT molecular complexity index is 1240. The van der Waals surface area contributed by atoms with Gasteiger partial charge < -0.3 is 14.8 Å². The molecule has 0 saturated carbocycles. The summed E-state index contributed by atoms with van der Waals surface area (Å²) in [6.07, 6.45) is -4.57. The van der Waals surface area contributed by atoms with E-state index >= 15 is 0 Å². The molecule has 0 aliphatic carbocycles. The standard InChI is InChI=1S/C22H20ClF3N4O4S2/c1-3-33-16-8-5-12(9-17(16)34-4-2)19(32)28-20-29-30-21(36-20)35-11-18(31)27-15-10-13(22(24,25)26)6-7-14(15)23/h5-10H,3-4,11H2,1-2H3,(H,27,31)(H,28,29,32). The molecule has 0 spiro atoms. The van der Waals surface area contributed by atoms with Gasteiger partial charge in [0.1, 0.15) is 0 Å². The normalized spacial score (nSPS) is 11.2. The predicted octanol–water partition coefficient (Wildman–Crippen LogP) is 5.99. The smallest absolute Gasteiger partial charge is 0.416 e. The fraction of sp³-hybridized carbons (Fsp3) is 0.273. The van der Waals surface area contributed by atoms with E-state index < -0.39 is 23.6 Å². The summed E-state index contributed by atoms with van der Waals surface area (Å²) in [4.78, 5) is 24.8. The van der Waals surface area contributed by atoms with Crippen LogP contribution in [0.5, 0.6) is 11.5 Å². The number of ether oxygens (including phenoxy) is 2. The molecule has 0 bridgehead atoms. The van der Waals surface area contributed by atoms with E-state index in [-0.39, 0.29) is 21.6 Å². The highest BCUT2D eigenvalue weighted by Crippen LogP contribution is 2.34.